The lowest BCUT2D eigenvalue weighted by Crippen LogP contribution is -2.30. The molecular weight excluding hydrogens is 480 g/mol. The Bertz CT molecular complexity index is 1150. The van der Waals surface area contributed by atoms with Gasteiger partial charge >= 0.3 is 5.97 Å². The molecular formula is C19H7Cl4NO4S. The number of anilines is 1. The van der Waals surface area contributed by atoms with E-state index < -0.39 is 17.8 Å². The predicted octanol–water partition coefficient (Wildman–Crippen LogP) is 6.38. The highest BCUT2D eigenvalue weighted by Gasteiger charge is 2.43. The minimum Gasteiger partial charge on any atom is -0.420 e. The molecule has 0 bridgehead atoms. The van der Waals surface area contributed by atoms with Gasteiger partial charge in [0, 0.05) is 0 Å². The second-order valence-corrected chi connectivity index (χ2v) is 8.25. The van der Waals surface area contributed by atoms with Gasteiger partial charge in [0.1, 0.15) is 4.88 Å². The number of benzene rings is 2. The van der Waals surface area contributed by atoms with E-state index in [9.17, 15) is 14.4 Å². The Labute approximate surface area is 188 Å². The average molecular weight is 487 g/mol. The number of para-hydroxylation sites is 2. The summed E-state index contributed by atoms with van der Waals surface area (Å²) in [5.41, 5.74) is -0.256. The highest BCUT2D eigenvalue weighted by Crippen LogP contribution is 2.46. The molecule has 0 atom stereocenters. The lowest BCUT2D eigenvalue weighted by Gasteiger charge is -2.17. The Hall–Kier alpha value is -2.09. The summed E-state index contributed by atoms with van der Waals surface area (Å²) in [5, 5.41) is 1.12. The minimum absolute atomic E-state index is 0.0184. The van der Waals surface area contributed by atoms with Crippen molar-refractivity contribution in [3.8, 4) is 5.75 Å². The van der Waals surface area contributed by atoms with Crippen LogP contribution in [0.3, 0.4) is 0 Å². The number of thiophene rings is 1. The molecule has 3 aromatic rings. The maximum atomic E-state index is 13.0. The van der Waals surface area contributed by atoms with E-state index in [0.717, 1.165) is 4.90 Å². The summed E-state index contributed by atoms with van der Waals surface area (Å²) >= 11 is 25.6. The van der Waals surface area contributed by atoms with Crippen LogP contribution in [0.15, 0.2) is 41.8 Å². The van der Waals surface area contributed by atoms with E-state index in [1.807, 2.05) is 0 Å². The van der Waals surface area contributed by atoms with Gasteiger partial charge in [0.15, 0.2) is 5.75 Å². The van der Waals surface area contributed by atoms with E-state index in [-0.39, 0.29) is 42.7 Å². The summed E-state index contributed by atoms with van der Waals surface area (Å²) in [6, 6.07) is 9.42. The van der Waals surface area contributed by atoms with E-state index in [4.69, 9.17) is 51.1 Å². The second kappa shape index (κ2) is 7.63. The predicted molar refractivity (Wildman–Crippen MR) is 113 cm³/mol. The zero-order chi connectivity index (χ0) is 20.9. The molecule has 10 heteroatoms. The second-order valence-electron chi connectivity index (χ2n) is 5.79. The van der Waals surface area contributed by atoms with Crippen molar-refractivity contribution in [1.29, 1.82) is 0 Å². The largest absolute Gasteiger partial charge is 0.420 e. The number of hydrogen-bond acceptors (Lipinski definition) is 5. The summed E-state index contributed by atoms with van der Waals surface area (Å²) in [6.45, 7) is 0. The first-order valence-corrected chi connectivity index (χ1v) is 10.3. The summed E-state index contributed by atoms with van der Waals surface area (Å²) < 4.78 is 5.41. The fraction of sp³-hybridized carbons (Fsp3) is 0. The molecule has 0 fully saturated rings. The number of carbonyl (C=O) groups is 3. The number of carbonyl (C=O) groups excluding carboxylic acids is 3. The van der Waals surface area contributed by atoms with Crippen LogP contribution in [0.25, 0.3) is 0 Å². The smallest absolute Gasteiger partial charge is 0.353 e. The number of imide groups is 1. The zero-order valence-corrected chi connectivity index (χ0v) is 17.9. The molecule has 0 unspecified atom stereocenters. The Morgan fingerprint density at radius 1 is 0.828 bits per heavy atom. The van der Waals surface area contributed by atoms with Gasteiger partial charge in [0.05, 0.1) is 36.9 Å². The molecule has 1 aliphatic rings. The highest BCUT2D eigenvalue weighted by atomic mass is 35.5. The van der Waals surface area contributed by atoms with Gasteiger partial charge in [0.2, 0.25) is 0 Å². The molecule has 146 valence electrons. The molecule has 0 aliphatic carbocycles. The van der Waals surface area contributed by atoms with Gasteiger partial charge in [0.25, 0.3) is 11.8 Å². The molecule has 1 aliphatic heterocycles. The third kappa shape index (κ3) is 3.21. The molecule has 2 aromatic carbocycles. The summed E-state index contributed by atoms with van der Waals surface area (Å²) in [5.74, 6) is -2.11. The molecule has 5 nitrogen and oxygen atoms in total. The van der Waals surface area contributed by atoms with Crippen molar-refractivity contribution in [3.05, 3.63) is 77.9 Å². The monoisotopic (exact) mass is 485 g/mol. The number of hydrogen-bond donors (Lipinski definition) is 0. The van der Waals surface area contributed by atoms with Crippen LogP contribution in [0.2, 0.25) is 20.1 Å². The average Bonchev–Trinajstić information content (AvgIpc) is 3.32. The van der Waals surface area contributed by atoms with Gasteiger partial charge < -0.3 is 4.74 Å². The van der Waals surface area contributed by atoms with Crippen LogP contribution in [0.4, 0.5) is 5.69 Å². The first kappa shape index (κ1) is 20.2. The number of halogens is 4. The van der Waals surface area contributed by atoms with Gasteiger partial charge in [-0.3, -0.25) is 9.59 Å². The van der Waals surface area contributed by atoms with Crippen LogP contribution in [0.1, 0.15) is 30.4 Å². The molecule has 0 N–H and O–H groups in total. The van der Waals surface area contributed by atoms with E-state index in [2.05, 4.69) is 0 Å². The van der Waals surface area contributed by atoms with E-state index in [1.165, 1.54) is 23.5 Å². The van der Waals surface area contributed by atoms with Crippen LogP contribution in [0, 0.1) is 0 Å². The SMILES string of the molecule is O=C(Oc1ccccc1N1C(=O)c2c(Cl)c(Cl)c(Cl)c(Cl)c2C1=O)c1cccs1. The molecule has 29 heavy (non-hydrogen) atoms. The van der Waals surface area contributed by atoms with Crippen molar-refractivity contribution in [2.75, 3.05) is 4.90 Å². The first-order chi connectivity index (χ1) is 13.8. The van der Waals surface area contributed by atoms with Crippen molar-refractivity contribution < 1.29 is 19.1 Å². The number of rotatable bonds is 3. The molecule has 4 rings (SSSR count). The van der Waals surface area contributed by atoms with Crippen LogP contribution in [-0.4, -0.2) is 17.8 Å². The number of nitrogens with zero attached hydrogens (tertiary/aromatic N) is 1. The van der Waals surface area contributed by atoms with Crippen LogP contribution in [-0.2, 0) is 0 Å². The Morgan fingerprint density at radius 3 is 1.97 bits per heavy atom. The minimum atomic E-state index is -0.755. The normalized spacial score (nSPS) is 13.0. The van der Waals surface area contributed by atoms with Crippen LogP contribution in [0.5, 0.6) is 5.75 Å². The first-order valence-electron chi connectivity index (χ1n) is 7.92. The summed E-state index contributed by atoms with van der Waals surface area (Å²) in [6.07, 6.45) is 0. The summed E-state index contributed by atoms with van der Waals surface area (Å²) in [7, 11) is 0. The van der Waals surface area contributed by atoms with Crippen LogP contribution >= 0.6 is 57.7 Å². The molecule has 0 radical (unpaired) electrons. The number of ether oxygens (including phenoxy) is 1. The van der Waals surface area contributed by atoms with E-state index >= 15 is 0 Å². The van der Waals surface area contributed by atoms with Gasteiger partial charge in [-0.1, -0.05) is 64.6 Å². The third-order valence-electron chi connectivity index (χ3n) is 4.13. The number of esters is 1. The Kier molecular flexibility index (Phi) is 5.31. The number of fused-ring (bicyclic) bond motifs is 1. The van der Waals surface area contributed by atoms with Gasteiger partial charge in [-0.25, -0.2) is 9.69 Å². The van der Waals surface area contributed by atoms with Crippen molar-refractivity contribution >= 4 is 81.2 Å². The third-order valence-corrected chi connectivity index (χ3v) is 6.78. The number of amides is 2. The van der Waals surface area contributed by atoms with Crippen LogP contribution < -0.4 is 9.64 Å². The Morgan fingerprint density at radius 2 is 1.41 bits per heavy atom. The topological polar surface area (TPSA) is 63.7 Å². The highest BCUT2D eigenvalue weighted by molar-refractivity contribution is 7.12. The molecule has 0 saturated carbocycles. The van der Waals surface area contributed by atoms with Gasteiger partial charge in [-0.2, -0.15) is 0 Å². The molecule has 1 aromatic heterocycles. The summed E-state index contributed by atoms with van der Waals surface area (Å²) in [4.78, 5) is 39.6. The fourth-order valence-corrected chi connectivity index (χ4v) is 4.45. The van der Waals surface area contributed by atoms with E-state index in [0.29, 0.717) is 4.88 Å². The maximum absolute atomic E-state index is 13.0. The van der Waals surface area contributed by atoms with Gasteiger partial charge in [-0.05, 0) is 23.6 Å². The van der Waals surface area contributed by atoms with E-state index in [1.54, 1.807) is 29.6 Å². The lowest BCUT2D eigenvalue weighted by molar-refractivity contribution is 0.0736. The van der Waals surface area contributed by atoms with Crippen molar-refractivity contribution in [1.82, 2.24) is 0 Å². The van der Waals surface area contributed by atoms with Crippen molar-refractivity contribution in [2.45, 2.75) is 0 Å². The zero-order valence-electron chi connectivity index (χ0n) is 14.0. The lowest BCUT2D eigenvalue weighted by atomic mass is 10.1. The molecule has 2 heterocycles. The maximum Gasteiger partial charge on any atom is 0.353 e. The van der Waals surface area contributed by atoms with Crippen molar-refractivity contribution in [2.24, 2.45) is 0 Å². The molecule has 2 amide bonds. The fourth-order valence-electron chi connectivity index (χ4n) is 2.84. The van der Waals surface area contributed by atoms with Crippen molar-refractivity contribution in [3.63, 3.8) is 0 Å². The van der Waals surface area contributed by atoms with Gasteiger partial charge in [-0.15, -0.1) is 11.3 Å². The quantitative estimate of drug-likeness (QED) is 0.141. The molecule has 0 saturated heterocycles. The standard InChI is InChI=1S/C19H7Cl4NO4S/c20-13-11-12(14(21)16(23)15(13)22)18(26)24(17(11)25)8-4-1-2-5-9(8)28-19(27)10-6-3-7-29-10/h1-7H. The molecule has 0 spiro atoms. The Balaban J connectivity index is 1.80.